The van der Waals surface area contributed by atoms with Gasteiger partial charge in [0, 0.05) is 6.54 Å². The van der Waals surface area contributed by atoms with Crippen molar-refractivity contribution in [3.63, 3.8) is 0 Å². The smallest absolute Gasteiger partial charge is 0.0899 e. The largest absolute Gasteiger partial charge is 0.385 e. The fraction of sp³-hybridized carbons (Fsp3) is 0.571. The molecule has 0 spiro atoms. The van der Waals surface area contributed by atoms with Crippen molar-refractivity contribution in [1.82, 2.24) is 4.90 Å². The fourth-order valence-corrected chi connectivity index (χ4v) is 2.70. The maximum absolute atomic E-state index is 10.1. The maximum Gasteiger partial charge on any atom is 0.0899 e. The van der Waals surface area contributed by atoms with E-state index in [1.54, 1.807) is 0 Å². The zero-order valence-electron chi connectivity index (χ0n) is 9.82. The van der Waals surface area contributed by atoms with E-state index in [9.17, 15) is 5.11 Å². The summed E-state index contributed by atoms with van der Waals surface area (Å²) in [5.74, 6) is 0.660. The maximum atomic E-state index is 10.1. The average molecular weight is 217 g/mol. The molecular weight excluding hydrogens is 198 g/mol. The molecule has 1 aliphatic heterocycles. The molecule has 1 heterocycles. The summed E-state index contributed by atoms with van der Waals surface area (Å²) in [7, 11) is 2.18. The molecule has 1 N–H and O–H groups in total. The molecule has 2 nitrogen and oxygen atoms in total. The van der Waals surface area contributed by atoms with E-state index in [1.807, 2.05) is 0 Å². The van der Waals surface area contributed by atoms with E-state index in [1.165, 1.54) is 18.5 Å². The van der Waals surface area contributed by atoms with Crippen molar-refractivity contribution >= 4 is 0 Å². The van der Waals surface area contributed by atoms with Crippen molar-refractivity contribution in [2.24, 2.45) is 0 Å². The van der Waals surface area contributed by atoms with Crippen LogP contribution in [0.2, 0.25) is 0 Å². The third kappa shape index (κ3) is 1.76. The summed E-state index contributed by atoms with van der Waals surface area (Å²) >= 11 is 0. The molecule has 0 aromatic heterocycles. The first-order valence-electron chi connectivity index (χ1n) is 6.19. The van der Waals surface area contributed by atoms with Crippen LogP contribution in [0.5, 0.6) is 0 Å². The summed E-state index contributed by atoms with van der Waals surface area (Å²) in [5, 5.41) is 10.1. The van der Waals surface area contributed by atoms with Gasteiger partial charge in [-0.25, -0.2) is 0 Å². The van der Waals surface area contributed by atoms with Crippen LogP contribution in [0, 0.1) is 0 Å². The molecule has 0 bridgehead atoms. The van der Waals surface area contributed by atoms with Crippen molar-refractivity contribution in [2.75, 3.05) is 20.1 Å². The summed E-state index contributed by atoms with van der Waals surface area (Å²) in [6.45, 7) is 2.35. The van der Waals surface area contributed by atoms with Gasteiger partial charge in [0.05, 0.1) is 5.60 Å². The van der Waals surface area contributed by atoms with Crippen LogP contribution in [0.15, 0.2) is 24.3 Å². The summed E-state index contributed by atoms with van der Waals surface area (Å²) < 4.78 is 0. The number of likely N-dealkylation sites (N-methyl/N-ethyl adjacent to an activating group) is 1. The van der Waals surface area contributed by atoms with E-state index in [4.69, 9.17) is 0 Å². The standard InChI is InChI=1S/C14H19NO/c1-15-8-5-12(10-15)11-3-2-4-13(9-11)14(16)6-7-14/h2-4,9,12,16H,5-8,10H2,1H3. The van der Waals surface area contributed by atoms with Gasteiger partial charge in [0.25, 0.3) is 0 Å². The molecule has 0 amide bonds. The number of likely N-dealkylation sites (tertiary alicyclic amines) is 1. The Morgan fingerprint density at radius 1 is 1.38 bits per heavy atom. The van der Waals surface area contributed by atoms with Crippen LogP contribution < -0.4 is 0 Å². The second-order valence-electron chi connectivity index (χ2n) is 5.40. The predicted octanol–water partition coefficient (Wildman–Crippen LogP) is 2.09. The van der Waals surface area contributed by atoms with Crippen LogP contribution in [0.4, 0.5) is 0 Å². The quantitative estimate of drug-likeness (QED) is 0.820. The molecule has 1 aliphatic carbocycles. The lowest BCUT2D eigenvalue weighted by Crippen LogP contribution is -2.13. The van der Waals surface area contributed by atoms with Crippen LogP contribution in [-0.2, 0) is 5.60 Å². The molecule has 2 fully saturated rings. The van der Waals surface area contributed by atoms with E-state index in [2.05, 4.69) is 36.2 Å². The van der Waals surface area contributed by atoms with Crippen molar-refractivity contribution in [1.29, 1.82) is 0 Å². The molecule has 1 aromatic carbocycles. The van der Waals surface area contributed by atoms with Gasteiger partial charge in [-0.15, -0.1) is 0 Å². The van der Waals surface area contributed by atoms with Gasteiger partial charge in [0.15, 0.2) is 0 Å². The van der Waals surface area contributed by atoms with Crippen LogP contribution >= 0.6 is 0 Å². The first-order chi connectivity index (χ1) is 7.67. The lowest BCUT2D eigenvalue weighted by atomic mass is 9.94. The van der Waals surface area contributed by atoms with Gasteiger partial charge in [-0.2, -0.15) is 0 Å². The first-order valence-corrected chi connectivity index (χ1v) is 6.19. The summed E-state index contributed by atoms with van der Waals surface area (Å²) in [5.41, 5.74) is 2.04. The predicted molar refractivity (Wildman–Crippen MR) is 64.4 cm³/mol. The van der Waals surface area contributed by atoms with Crippen molar-refractivity contribution in [3.05, 3.63) is 35.4 Å². The van der Waals surface area contributed by atoms with Crippen molar-refractivity contribution in [2.45, 2.75) is 30.8 Å². The fourth-order valence-electron chi connectivity index (χ4n) is 2.70. The Morgan fingerprint density at radius 2 is 2.19 bits per heavy atom. The van der Waals surface area contributed by atoms with Crippen molar-refractivity contribution in [3.8, 4) is 0 Å². The molecular formula is C14H19NO. The Bertz CT molecular complexity index is 397. The Morgan fingerprint density at radius 3 is 2.81 bits per heavy atom. The second kappa shape index (κ2) is 3.57. The number of hydrogen-bond acceptors (Lipinski definition) is 2. The molecule has 86 valence electrons. The van der Waals surface area contributed by atoms with Gasteiger partial charge < -0.3 is 10.0 Å². The zero-order chi connectivity index (χ0) is 11.2. The van der Waals surface area contributed by atoms with Crippen LogP contribution in [0.1, 0.15) is 36.3 Å². The third-order valence-corrected chi connectivity index (χ3v) is 4.01. The van der Waals surface area contributed by atoms with E-state index in [0.29, 0.717) is 5.92 Å². The van der Waals surface area contributed by atoms with Crippen LogP contribution in [0.25, 0.3) is 0 Å². The molecule has 1 saturated heterocycles. The highest BCUT2D eigenvalue weighted by Gasteiger charge is 2.42. The molecule has 1 saturated carbocycles. The summed E-state index contributed by atoms with van der Waals surface area (Å²) in [4.78, 5) is 2.38. The van der Waals surface area contributed by atoms with Gasteiger partial charge in [-0.1, -0.05) is 24.3 Å². The lowest BCUT2D eigenvalue weighted by Gasteiger charge is -2.14. The van der Waals surface area contributed by atoms with Crippen LogP contribution in [0.3, 0.4) is 0 Å². The van der Waals surface area contributed by atoms with E-state index >= 15 is 0 Å². The van der Waals surface area contributed by atoms with Crippen LogP contribution in [-0.4, -0.2) is 30.1 Å². The minimum absolute atomic E-state index is 0.486. The molecule has 3 rings (SSSR count). The SMILES string of the molecule is CN1CCC(c2cccc(C3(O)CC3)c2)C1. The Balaban J connectivity index is 1.85. The monoisotopic (exact) mass is 217 g/mol. The number of nitrogens with zero attached hydrogens (tertiary/aromatic N) is 1. The van der Waals surface area contributed by atoms with E-state index < -0.39 is 5.60 Å². The number of rotatable bonds is 2. The van der Waals surface area contributed by atoms with E-state index in [-0.39, 0.29) is 0 Å². The first kappa shape index (κ1) is 10.3. The second-order valence-corrected chi connectivity index (χ2v) is 5.40. The van der Waals surface area contributed by atoms with Gasteiger partial charge >= 0.3 is 0 Å². The molecule has 0 radical (unpaired) electrons. The summed E-state index contributed by atoms with van der Waals surface area (Å²) in [6, 6.07) is 8.59. The normalized spacial score (nSPS) is 28.2. The molecule has 1 unspecified atom stereocenters. The molecule has 2 heteroatoms. The minimum Gasteiger partial charge on any atom is -0.385 e. The van der Waals surface area contributed by atoms with Gasteiger partial charge in [0.1, 0.15) is 0 Å². The number of aliphatic hydroxyl groups is 1. The lowest BCUT2D eigenvalue weighted by molar-refractivity contribution is 0.151. The van der Waals surface area contributed by atoms with Gasteiger partial charge in [0.2, 0.25) is 0 Å². The topological polar surface area (TPSA) is 23.5 Å². The number of benzene rings is 1. The Hall–Kier alpha value is -0.860. The minimum atomic E-state index is -0.486. The third-order valence-electron chi connectivity index (χ3n) is 4.01. The summed E-state index contributed by atoms with van der Waals surface area (Å²) in [6.07, 6.45) is 3.11. The molecule has 1 aromatic rings. The average Bonchev–Trinajstić information content (AvgIpc) is 2.89. The highest BCUT2D eigenvalue weighted by Crippen LogP contribution is 2.45. The zero-order valence-corrected chi connectivity index (χ0v) is 9.82. The van der Waals surface area contributed by atoms with Gasteiger partial charge in [-0.3, -0.25) is 0 Å². The Kier molecular flexibility index (Phi) is 2.30. The number of hydrogen-bond donors (Lipinski definition) is 1. The highest BCUT2D eigenvalue weighted by atomic mass is 16.3. The van der Waals surface area contributed by atoms with Crippen molar-refractivity contribution < 1.29 is 5.11 Å². The molecule has 1 atom stereocenters. The Labute approximate surface area is 96.9 Å². The van der Waals surface area contributed by atoms with Gasteiger partial charge in [-0.05, 0) is 49.9 Å². The molecule has 16 heavy (non-hydrogen) atoms. The molecule has 2 aliphatic rings. The van der Waals surface area contributed by atoms with E-state index in [0.717, 1.165) is 24.9 Å². The highest BCUT2D eigenvalue weighted by molar-refractivity contribution is 5.33.